The number of amides is 1. The first-order chi connectivity index (χ1) is 10.8. The summed E-state index contributed by atoms with van der Waals surface area (Å²) in [7, 11) is 1.42. The Morgan fingerprint density at radius 2 is 2.17 bits per heavy atom. The number of nitro groups is 1. The molecule has 0 radical (unpaired) electrons. The van der Waals surface area contributed by atoms with E-state index in [9.17, 15) is 23.7 Å². The van der Waals surface area contributed by atoms with Crippen LogP contribution in [0.3, 0.4) is 0 Å². The molecular weight excluding hydrogens is 314 g/mol. The van der Waals surface area contributed by atoms with Gasteiger partial charge in [-0.05, 0) is 24.6 Å². The van der Waals surface area contributed by atoms with E-state index >= 15 is 0 Å². The van der Waals surface area contributed by atoms with Crippen LogP contribution in [0.5, 0.6) is 5.75 Å². The zero-order valence-corrected chi connectivity index (χ0v) is 12.1. The average molecular weight is 326 g/mol. The summed E-state index contributed by atoms with van der Waals surface area (Å²) >= 11 is 0. The van der Waals surface area contributed by atoms with Gasteiger partial charge in [-0.2, -0.15) is 13.9 Å². The molecule has 1 amide bonds. The number of carbonyl (C=O) groups is 1. The SMILES string of the molecule is Cc1ccc(OC(F)F)c(NC(=O)c2nn(C)cc2[N+](=O)[O-])c1. The summed E-state index contributed by atoms with van der Waals surface area (Å²) in [6.07, 6.45) is 1.07. The maximum absolute atomic E-state index is 12.4. The van der Waals surface area contributed by atoms with Gasteiger partial charge in [-0.1, -0.05) is 6.07 Å². The van der Waals surface area contributed by atoms with Crippen molar-refractivity contribution in [2.45, 2.75) is 13.5 Å². The van der Waals surface area contributed by atoms with E-state index in [2.05, 4.69) is 15.2 Å². The number of carbonyl (C=O) groups excluding carboxylic acids is 1. The fourth-order valence-electron chi connectivity index (χ4n) is 1.89. The Morgan fingerprint density at radius 3 is 2.78 bits per heavy atom. The molecule has 2 rings (SSSR count). The van der Waals surface area contributed by atoms with E-state index in [0.717, 1.165) is 10.9 Å². The first kappa shape index (κ1) is 16.3. The molecule has 1 aromatic carbocycles. The van der Waals surface area contributed by atoms with Crippen molar-refractivity contribution in [1.29, 1.82) is 0 Å². The van der Waals surface area contributed by atoms with Crippen LogP contribution in [0.15, 0.2) is 24.4 Å². The third-order valence-corrected chi connectivity index (χ3v) is 2.82. The Hall–Kier alpha value is -3.04. The fourth-order valence-corrected chi connectivity index (χ4v) is 1.89. The summed E-state index contributed by atoms with van der Waals surface area (Å²) in [6, 6.07) is 4.20. The van der Waals surface area contributed by atoms with Crippen LogP contribution in [0.4, 0.5) is 20.2 Å². The van der Waals surface area contributed by atoms with Gasteiger partial charge in [-0.25, -0.2) is 0 Å². The number of halogens is 2. The van der Waals surface area contributed by atoms with Crippen molar-refractivity contribution in [3.05, 3.63) is 45.8 Å². The molecule has 1 heterocycles. The predicted octanol–water partition coefficient (Wildman–Crippen LogP) is 2.49. The molecule has 0 unspecified atom stereocenters. The third-order valence-electron chi connectivity index (χ3n) is 2.82. The van der Waals surface area contributed by atoms with Crippen molar-refractivity contribution in [2.24, 2.45) is 7.05 Å². The first-order valence-electron chi connectivity index (χ1n) is 6.32. The zero-order chi connectivity index (χ0) is 17.1. The molecule has 0 saturated heterocycles. The number of alkyl halides is 2. The van der Waals surface area contributed by atoms with Crippen LogP contribution in [-0.2, 0) is 7.05 Å². The summed E-state index contributed by atoms with van der Waals surface area (Å²) in [5, 5.41) is 16.9. The highest BCUT2D eigenvalue weighted by atomic mass is 19.3. The Bertz CT molecular complexity index is 760. The molecule has 0 bridgehead atoms. The minimum absolute atomic E-state index is 0.0322. The Balaban J connectivity index is 2.33. The number of rotatable bonds is 5. The van der Waals surface area contributed by atoms with Gasteiger partial charge in [0.05, 0.1) is 10.6 Å². The van der Waals surface area contributed by atoms with Gasteiger partial charge in [-0.3, -0.25) is 19.6 Å². The molecule has 122 valence electrons. The quantitative estimate of drug-likeness (QED) is 0.672. The number of nitrogens with one attached hydrogen (secondary N) is 1. The lowest BCUT2D eigenvalue weighted by Gasteiger charge is -2.12. The van der Waals surface area contributed by atoms with Gasteiger partial charge in [0, 0.05) is 7.05 Å². The van der Waals surface area contributed by atoms with E-state index in [-0.39, 0.29) is 11.4 Å². The van der Waals surface area contributed by atoms with Crippen LogP contribution < -0.4 is 10.1 Å². The molecule has 2 aromatic rings. The number of ether oxygens (including phenoxy) is 1. The van der Waals surface area contributed by atoms with Gasteiger partial charge in [0.2, 0.25) is 5.69 Å². The summed E-state index contributed by atoms with van der Waals surface area (Å²) in [6.45, 7) is -1.39. The number of aromatic nitrogens is 2. The normalized spacial score (nSPS) is 10.7. The van der Waals surface area contributed by atoms with Crippen LogP contribution in [-0.4, -0.2) is 27.2 Å². The lowest BCUT2D eigenvalue weighted by Crippen LogP contribution is -2.16. The summed E-state index contributed by atoms with van der Waals surface area (Å²) in [4.78, 5) is 22.3. The van der Waals surface area contributed by atoms with Crippen molar-refractivity contribution < 1.29 is 23.2 Å². The Morgan fingerprint density at radius 1 is 1.48 bits per heavy atom. The summed E-state index contributed by atoms with van der Waals surface area (Å²) in [5.41, 5.74) is -0.274. The van der Waals surface area contributed by atoms with Gasteiger partial charge in [0.1, 0.15) is 11.9 Å². The maximum atomic E-state index is 12.4. The number of benzene rings is 1. The van der Waals surface area contributed by atoms with Gasteiger partial charge in [-0.15, -0.1) is 0 Å². The Kier molecular flexibility index (Phi) is 4.53. The van der Waals surface area contributed by atoms with Crippen molar-refractivity contribution in [3.63, 3.8) is 0 Å². The summed E-state index contributed by atoms with van der Waals surface area (Å²) in [5.74, 6) is -1.15. The molecule has 0 fully saturated rings. The van der Waals surface area contributed by atoms with E-state index in [0.29, 0.717) is 5.56 Å². The van der Waals surface area contributed by atoms with Crippen LogP contribution in [0.1, 0.15) is 16.1 Å². The number of aryl methyl sites for hydroxylation is 2. The molecule has 23 heavy (non-hydrogen) atoms. The molecule has 1 aromatic heterocycles. The van der Waals surface area contributed by atoms with Crippen molar-refractivity contribution >= 4 is 17.3 Å². The summed E-state index contributed by atoms with van der Waals surface area (Å²) < 4.78 is 30.2. The fraction of sp³-hybridized carbons (Fsp3) is 0.231. The smallest absolute Gasteiger partial charge is 0.387 e. The molecule has 0 aliphatic heterocycles. The molecule has 0 aliphatic carbocycles. The van der Waals surface area contributed by atoms with Crippen molar-refractivity contribution in [2.75, 3.05) is 5.32 Å². The zero-order valence-electron chi connectivity index (χ0n) is 12.1. The highest BCUT2D eigenvalue weighted by Crippen LogP contribution is 2.28. The number of hydrogen-bond donors (Lipinski definition) is 1. The lowest BCUT2D eigenvalue weighted by molar-refractivity contribution is -0.385. The van der Waals surface area contributed by atoms with Gasteiger partial charge in [0.25, 0.3) is 5.91 Å². The van der Waals surface area contributed by atoms with E-state index in [1.54, 1.807) is 6.92 Å². The predicted molar refractivity (Wildman–Crippen MR) is 75.6 cm³/mol. The average Bonchev–Trinajstić information content (AvgIpc) is 2.84. The molecular formula is C13H12F2N4O4. The number of anilines is 1. The maximum Gasteiger partial charge on any atom is 0.387 e. The number of nitrogens with zero attached hydrogens (tertiary/aromatic N) is 3. The van der Waals surface area contributed by atoms with Crippen molar-refractivity contribution in [3.8, 4) is 5.75 Å². The van der Waals surface area contributed by atoms with Crippen LogP contribution in [0, 0.1) is 17.0 Å². The first-order valence-corrected chi connectivity index (χ1v) is 6.32. The minimum atomic E-state index is -3.07. The second kappa shape index (κ2) is 6.38. The van der Waals surface area contributed by atoms with Crippen molar-refractivity contribution in [1.82, 2.24) is 9.78 Å². The topological polar surface area (TPSA) is 99.3 Å². The van der Waals surface area contributed by atoms with E-state index in [4.69, 9.17) is 0 Å². The molecule has 0 saturated carbocycles. The highest BCUT2D eigenvalue weighted by Gasteiger charge is 2.26. The molecule has 1 N–H and O–H groups in total. The highest BCUT2D eigenvalue weighted by molar-refractivity contribution is 6.06. The van der Waals surface area contributed by atoms with Gasteiger partial charge >= 0.3 is 12.3 Å². The second-order valence-electron chi connectivity index (χ2n) is 4.63. The molecule has 0 spiro atoms. The third kappa shape index (κ3) is 3.78. The van der Waals surface area contributed by atoms with Gasteiger partial charge in [0.15, 0.2) is 0 Å². The monoisotopic (exact) mass is 326 g/mol. The largest absolute Gasteiger partial charge is 0.433 e. The molecule has 0 aliphatic rings. The van der Waals surface area contributed by atoms with Crippen LogP contribution >= 0.6 is 0 Å². The van der Waals surface area contributed by atoms with E-state index in [1.165, 1.54) is 25.2 Å². The molecule has 10 heteroatoms. The van der Waals surface area contributed by atoms with Crippen LogP contribution in [0.2, 0.25) is 0 Å². The van der Waals surface area contributed by atoms with Crippen LogP contribution in [0.25, 0.3) is 0 Å². The van der Waals surface area contributed by atoms with E-state index in [1.807, 2.05) is 0 Å². The van der Waals surface area contributed by atoms with Gasteiger partial charge < -0.3 is 10.1 Å². The minimum Gasteiger partial charge on any atom is -0.433 e. The molecule has 8 nitrogen and oxygen atoms in total. The number of hydrogen-bond acceptors (Lipinski definition) is 5. The Labute approximate surface area is 128 Å². The van der Waals surface area contributed by atoms with E-state index < -0.39 is 28.8 Å². The standard InChI is InChI=1S/C13H12F2N4O4/c1-7-3-4-10(23-13(14)15)8(5-7)16-12(20)11-9(19(21)22)6-18(2)17-11/h3-6,13H,1-2H3,(H,16,20). The second-order valence-corrected chi connectivity index (χ2v) is 4.63. The lowest BCUT2D eigenvalue weighted by atomic mass is 10.2. The molecule has 0 atom stereocenters.